The molecule has 2 saturated heterocycles. The Kier molecular flexibility index (Phi) is 3.81. The highest BCUT2D eigenvalue weighted by Gasteiger charge is 2.44. The molecule has 0 aromatic carbocycles. The van der Waals surface area contributed by atoms with Crippen LogP contribution in [0.5, 0.6) is 0 Å². The Labute approximate surface area is 114 Å². The van der Waals surface area contributed by atoms with E-state index in [2.05, 4.69) is 6.92 Å². The zero-order valence-corrected chi connectivity index (χ0v) is 11.8. The minimum absolute atomic E-state index is 0.0462. The summed E-state index contributed by atoms with van der Waals surface area (Å²) in [7, 11) is 0. The van der Waals surface area contributed by atoms with Gasteiger partial charge in [-0.3, -0.25) is 4.79 Å². The van der Waals surface area contributed by atoms with Gasteiger partial charge in [-0.05, 0) is 38.0 Å². The fraction of sp³-hybridized carbons (Fsp3) is 0.933. The first-order valence-electron chi connectivity index (χ1n) is 7.65. The number of fused-ring (bicyclic) bond motifs is 1. The molecule has 19 heavy (non-hydrogen) atoms. The molecule has 4 nitrogen and oxygen atoms in total. The summed E-state index contributed by atoms with van der Waals surface area (Å²) in [6.45, 7) is 4.63. The van der Waals surface area contributed by atoms with Gasteiger partial charge in [0.25, 0.3) is 0 Å². The summed E-state index contributed by atoms with van der Waals surface area (Å²) in [6.07, 6.45) is 6.80. The van der Waals surface area contributed by atoms with Gasteiger partial charge in [0.15, 0.2) is 0 Å². The van der Waals surface area contributed by atoms with E-state index in [0.29, 0.717) is 30.8 Å². The van der Waals surface area contributed by atoms with E-state index in [1.165, 1.54) is 0 Å². The maximum absolute atomic E-state index is 11.9. The number of hydrogen-bond donors (Lipinski definition) is 0. The number of rotatable bonds is 6. The first kappa shape index (κ1) is 13.4. The maximum Gasteiger partial charge on any atom is 0.308 e. The first-order chi connectivity index (χ1) is 9.17. The van der Waals surface area contributed by atoms with Crippen molar-refractivity contribution in [3.63, 3.8) is 0 Å². The predicted molar refractivity (Wildman–Crippen MR) is 69.7 cm³/mol. The average molecular weight is 268 g/mol. The van der Waals surface area contributed by atoms with Crippen LogP contribution in [0.15, 0.2) is 0 Å². The lowest BCUT2D eigenvalue weighted by Crippen LogP contribution is -2.23. The number of hydrogen-bond acceptors (Lipinski definition) is 4. The van der Waals surface area contributed by atoms with Gasteiger partial charge in [-0.25, -0.2) is 0 Å². The highest BCUT2D eigenvalue weighted by molar-refractivity contribution is 5.72. The summed E-state index contributed by atoms with van der Waals surface area (Å²) in [5.74, 6) is 0.389. The molecular formula is C15H24O4. The first-order valence-corrected chi connectivity index (χ1v) is 7.65. The highest BCUT2D eigenvalue weighted by atomic mass is 16.6. The van der Waals surface area contributed by atoms with Crippen LogP contribution in [0.25, 0.3) is 0 Å². The normalized spacial score (nSPS) is 41.3. The molecule has 3 rings (SSSR count). The summed E-state index contributed by atoms with van der Waals surface area (Å²) in [6, 6.07) is 0. The Morgan fingerprint density at radius 3 is 2.79 bits per heavy atom. The largest absolute Gasteiger partial charge is 0.465 e. The molecule has 0 aromatic heterocycles. The minimum atomic E-state index is -0.0656. The highest BCUT2D eigenvalue weighted by Crippen LogP contribution is 2.39. The molecule has 6 unspecified atom stereocenters. The zero-order valence-electron chi connectivity index (χ0n) is 11.8. The van der Waals surface area contributed by atoms with Crippen LogP contribution in [0, 0.1) is 11.8 Å². The Morgan fingerprint density at radius 1 is 1.26 bits per heavy atom. The fourth-order valence-corrected chi connectivity index (χ4v) is 3.17. The van der Waals surface area contributed by atoms with Crippen molar-refractivity contribution in [2.24, 2.45) is 11.8 Å². The summed E-state index contributed by atoms with van der Waals surface area (Å²) < 4.78 is 16.4. The van der Waals surface area contributed by atoms with Gasteiger partial charge in [-0.15, -0.1) is 0 Å². The minimum Gasteiger partial charge on any atom is -0.465 e. The monoisotopic (exact) mass is 268 g/mol. The SMILES string of the molecule is CCC1OC1CC(C)C(=O)OCC1CCC2OC2C1. The Balaban J connectivity index is 1.33. The van der Waals surface area contributed by atoms with E-state index in [4.69, 9.17) is 14.2 Å². The van der Waals surface area contributed by atoms with Crippen molar-refractivity contribution in [2.45, 2.75) is 70.4 Å². The van der Waals surface area contributed by atoms with Crippen molar-refractivity contribution >= 4 is 5.97 Å². The second-order valence-corrected chi connectivity index (χ2v) is 6.28. The summed E-state index contributed by atoms with van der Waals surface area (Å²) in [5.41, 5.74) is 0. The second-order valence-electron chi connectivity index (χ2n) is 6.28. The topological polar surface area (TPSA) is 51.4 Å². The van der Waals surface area contributed by atoms with E-state index >= 15 is 0 Å². The van der Waals surface area contributed by atoms with Gasteiger partial charge in [-0.2, -0.15) is 0 Å². The quantitative estimate of drug-likeness (QED) is 0.548. The van der Waals surface area contributed by atoms with Crippen LogP contribution in [0.4, 0.5) is 0 Å². The Bertz CT molecular complexity index is 343. The van der Waals surface area contributed by atoms with E-state index in [0.717, 1.165) is 32.1 Å². The number of carbonyl (C=O) groups excluding carboxylic acids is 1. The second kappa shape index (κ2) is 5.41. The summed E-state index contributed by atoms with van der Waals surface area (Å²) >= 11 is 0. The van der Waals surface area contributed by atoms with Gasteiger partial charge in [0.05, 0.1) is 36.9 Å². The van der Waals surface area contributed by atoms with Crippen molar-refractivity contribution in [2.75, 3.05) is 6.61 Å². The van der Waals surface area contributed by atoms with Crippen molar-refractivity contribution in [1.82, 2.24) is 0 Å². The zero-order chi connectivity index (χ0) is 13.4. The van der Waals surface area contributed by atoms with Crippen molar-refractivity contribution in [1.29, 1.82) is 0 Å². The van der Waals surface area contributed by atoms with Crippen LogP contribution in [0.2, 0.25) is 0 Å². The van der Waals surface area contributed by atoms with Crippen LogP contribution in [-0.4, -0.2) is 37.0 Å². The van der Waals surface area contributed by atoms with Gasteiger partial charge in [0, 0.05) is 0 Å². The molecule has 0 aromatic rings. The van der Waals surface area contributed by atoms with Gasteiger partial charge in [0.2, 0.25) is 0 Å². The molecule has 0 bridgehead atoms. The molecule has 0 amide bonds. The average Bonchev–Trinajstić information content (AvgIpc) is 3.29. The molecule has 1 saturated carbocycles. The summed E-state index contributed by atoms with van der Waals surface area (Å²) in [5, 5.41) is 0. The molecule has 1 aliphatic carbocycles. The molecule has 0 radical (unpaired) electrons. The van der Waals surface area contributed by atoms with Gasteiger partial charge >= 0.3 is 5.97 Å². The van der Waals surface area contributed by atoms with Crippen LogP contribution in [0.1, 0.15) is 46.0 Å². The third-order valence-electron chi connectivity index (χ3n) is 4.65. The smallest absolute Gasteiger partial charge is 0.308 e. The molecule has 3 fully saturated rings. The lowest BCUT2D eigenvalue weighted by Gasteiger charge is -2.19. The lowest BCUT2D eigenvalue weighted by atomic mass is 9.90. The number of ether oxygens (including phenoxy) is 3. The summed E-state index contributed by atoms with van der Waals surface area (Å²) in [4.78, 5) is 11.9. The van der Waals surface area contributed by atoms with E-state index in [-0.39, 0.29) is 18.0 Å². The van der Waals surface area contributed by atoms with Gasteiger partial charge in [0.1, 0.15) is 0 Å². The van der Waals surface area contributed by atoms with Crippen LogP contribution in [0.3, 0.4) is 0 Å². The molecule has 3 aliphatic rings. The van der Waals surface area contributed by atoms with Gasteiger partial charge < -0.3 is 14.2 Å². The molecular weight excluding hydrogens is 244 g/mol. The molecule has 2 aliphatic heterocycles. The molecule has 6 atom stereocenters. The molecule has 0 spiro atoms. The fourth-order valence-electron chi connectivity index (χ4n) is 3.17. The van der Waals surface area contributed by atoms with E-state index in [1.807, 2.05) is 6.92 Å². The third kappa shape index (κ3) is 3.29. The van der Waals surface area contributed by atoms with E-state index in [1.54, 1.807) is 0 Å². The molecule has 2 heterocycles. The Hall–Kier alpha value is -0.610. The van der Waals surface area contributed by atoms with Crippen LogP contribution >= 0.6 is 0 Å². The van der Waals surface area contributed by atoms with Crippen molar-refractivity contribution in [3.05, 3.63) is 0 Å². The third-order valence-corrected chi connectivity index (χ3v) is 4.65. The van der Waals surface area contributed by atoms with Crippen LogP contribution < -0.4 is 0 Å². The van der Waals surface area contributed by atoms with Crippen molar-refractivity contribution < 1.29 is 19.0 Å². The van der Waals surface area contributed by atoms with Gasteiger partial charge in [-0.1, -0.05) is 13.8 Å². The van der Waals surface area contributed by atoms with Crippen LogP contribution in [-0.2, 0) is 19.0 Å². The number of epoxide rings is 2. The van der Waals surface area contributed by atoms with Crippen molar-refractivity contribution in [3.8, 4) is 0 Å². The molecule has 4 heteroatoms. The van der Waals surface area contributed by atoms with E-state index < -0.39 is 0 Å². The molecule has 0 N–H and O–H groups in total. The standard InChI is InChI=1S/C15H24O4/c1-3-11-13(18-11)6-9(2)15(16)17-8-10-4-5-12-14(7-10)19-12/h9-14H,3-8H2,1-2H3. The van der Waals surface area contributed by atoms with E-state index in [9.17, 15) is 4.79 Å². The molecule has 108 valence electrons. The number of carbonyl (C=O) groups is 1. The lowest BCUT2D eigenvalue weighted by molar-refractivity contribution is -0.150. The number of esters is 1. The Morgan fingerprint density at radius 2 is 2.11 bits per heavy atom. The maximum atomic E-state index is 11.9. The predicted octanol–water partition coefficient (Wildman–Crippen LogP) is 2.30.